The second kappa shape index (κ2) is 14.2. The molecule has 0 spiro atoms. The summed E-state index contributed by atoms with van der Waals surface area (Å²) in [5.41, 5.74) is 7.10. The summed E-state index contributed by atoms with van der Waals surface area (Å²) in [6.45, 7) is 3.70. The van der Waals surface area contributed by atoms with Crippen molar-refractivity contribution >= 4 is 36.3 Å². The Balaban J connectivity index is 2.26. The Kier molecular flexibility index (Phi) is 11.4. The van der Waals surface area contributed by atoms with Crippen LogP contribution in [0.2, 0.25) is 0 Å². The number of H-pyrrole nitrogens is 1. The maximum atomic E-state index is 13.3. The maximum absolute atomic E-state index is 13.3. The van der Waals surface area contributed by atoms with Gasteiger partial charge in [0, 0.05) is 30.5 Å². The van der Waals surface area contributed by atoms with E-state index in [0.29, 0.717) is 5.69 Å². The van der Waals surface area contributed by atoms with Gasteiger partial charge in [-0.2, -0.15) is 12.6 Å². The highest BCUT2D eigenvalue weighted by atomic mass is 32.1. The minimum absolute atomic E-state index is 0.0265. The van der Waals surface area contributed by atoms with Crippen LogP contribution in [0, 0.1) is 5.92 Å². The number of hydrogen-bond acceptors (Lipinski definition) is 7. The van der Waals surface area contributed by atoms with E-state index in [1.807, 2.05) is 19.9 Å². The molecule has 12 heteroatoms. The second-order valence-electron chi connectivity index (χ2n) is 8.91. The Bertz CT molecular complexity index is 1000. The molecule has 0 aliphatic carbocycles. The summed E-state index contributed by atoms with van der Waals surface area (Å²) in [7, 11) is 0. The van der Waals surface area contributed by atoms with Crippen molar-refractivity contribution in [1.29, 1.82) is 0 Å². The summed E-state index contributed by atoms with van der Waals surface area (Å²) < 4.78 is 0. The number of carbonyl (C=O) groups excluding carboxylic acids is 3. The van der Waals surface area contributed by atoms with Crippen LogP contribution < -0.4 is 21.7 Å². The van der Waals surface area contributed by atoms with Crippen molar-refractivity contribution in [3.05, 3.63) is 54.1 Å². The molecule has 3 amide bonds. The lowest BCUT2D eigenvalue weighted by Crippen LogP contribution is -2.58. The number of carboxylic acids is 1. The molecule has 2 rings (SSSR count). The summed E-state index contributed by atoms with van der Waals surface area (Å²) in [5, 5.41) is 17.4. The molecule has 7 N–H and O–H groups in total. The quantitative estimate of drug-likeness (QED) is 0.172. The Labute approximate surface area is 215 Å². The number of hydrogen-bond donors (Lipinski definition) is 7. The van der Waals surface area contributed by atoms with E-state index < -0.39 is 47.9 Å². The number of nitrogens with zero attached hydrogens (tertiary/aromatic N) is 1. The van der Waals surface area contributed by atoms with Gasteiger partial charge in [0.15, 0.2) is 0 Å². The molecule has 2 aromatic rings. The van der Waals surface area contributed by atoms with Crippen LogP contribution in [-0.4, -0.2) is 68.7 Å². The number of carboxylic acid groups (broad SMARTS) is 1. The first-order chi connectivity index (χ1) is 17.1. The molecule has 0 saturated carbocycles. The molecule has 1 heterocycles. The van der Waals surface area contributed by atoms with E-state index in [0.717, 1.165) is 5.56 Å². The topological polar surface area (TPSA) is 179 Å². The molecular formula is C24H34N6O5S. The average molecular weight is 519 g/mol. The van der Waals surface area contributed by atoms with Crippen LogP contribution in [0.1, 0.15) is 31.5 Å². The van der Waals surface area contributed by atoms with Crippen LogP contribution in [0.15, 0.2) is 42.9 Å². The molecule has 36 heavy (non-hydrogen) atoms. The van der Waals surface area contributed by atoms with E-state index in [1.54, 1.807) is 24.3 Å². The van der Waals surface area contributed by atoms with E-state index in [2.05, 4.69) is 38.5 Å². The smallest absolute Gasteiger partial charge is 0.326 e. The van der Waals surface area contributed by atoms with E-state index in [1.165, 1.54) is 12.5 Å². The molecule has 0 bridgehead atoms. The second-order valence-corrected chi connectivity index (χ2v) is 9.28. The van der Waals surface area contributed by atoms with Crippen molar-refractivity contribution in [2.24, 2.45) is 11.7 Å². The van der Waals surface area contributed by atoms with Gasteiger partial charge >= 0.3 is 5.97 Å². The molecule has 0 saturated heterocycles. The van der Waals surface area contributed by atoms with Crippen LogP contribution in [0.3, 0.4) is 0 Å². The molecule has 196 valence electrons. The third-order valence-corrected chi connectivity index (χ3v) is 5.78. The third kappa shape index (κ3) is 9.34. The van der Waals surface area contributed by atoms with Crippen molar-refractivity contribution in [3.63, 3.8) is 0 Å². The molecule has 0 aliphatic rings. The minimum Gasteiger partial charge on any atom is -0.480 e. The van der Waals surface area contributed by atoms with Crippen LogP contribution in [0.25, 0.3) is 0 Å². The monoisotopic (exact) mass is 518 g/mol. The van der Waals surface area contributed by atoms with E-state index >= 15 is 0 Å². The highest BCUT2D eigenvalue weighted by molar-refractivity contribution is 7.80. The summed E-state index contributed by atoms with van der Waals surface area (Å²) in [6, 6.07) is 4.81. The number of nitrogens with two attached hydrogens (primary N) is 1. The Morgan fingerprint density at radius 3 is 2.08 bits per heavy atom. The van der Waals surface area contributed by atoms with Gasteiger partial charge in [-0.3, -0.25) is 14.4 Å². The number of aromatic nitrogens is 2. The number of aromatic amines is 1. The molecule has 4 atom stereocenters. The average Bonchev–Trinajstić information content (AvgIpc) is 3.35. The molecule has 0 fully saturated rings. The van der Waals surface area contributed by atoms with Crippen molar-refractivity contribution in [3.8, 4) is 0 Å². The molecule has 4 unspecified atom stereocenters. The van der Waals surface area contributed by atoms with E-state index in [9.17, 15) is 24.3 Å². The predicted octanol–water partition coefficient (Wildman–Crippen LogP) is 0.0371. The molecule has 0 aliphatic heterocycles. The number of imidazole rings is 1. The van der Waals surface area contributed by atoms with Gasteiger partial charge in [-0.25, -0.2) is 9.78 Å². The van der Waals surface area contributed by atoms with Crippen molar-refractivity contribution in [2.75, 3.05) is 5.75 Å². The van der Waals surface area contributed by atoms with Gasteiger partial charge in [-0.15, -0.1) is 0 Å². The van der Waals surface area contributed by atoms with Gasteiger partial charge in [0.05, 0.1) is 12.4 Å². The standard InChI is InChI=1S/C24H34N6O5S/c1-14(2)8-20(24(34)35)30-22(32)18(9-15-6-4-3-5-7-15)29-23(33)19(10-16-11-26-13-27-16)28-21(31)17(25)12-36/h3-7,11,13-14,17-20,36H,8-10,12,25H2,1-2H3,(H,26,27)(H,28,31)(H,29,33)(H,30,32)(H,34,35). The zero-order chi connectivity index (χ0) is 26.7. The van der Waals surface area contributed by atoms with Gasteiger partial charge in [0.2, 0.25) is 17.7 Å². The fourth-order valence-corrected chi connectivity index (χ4v) is 3.65. The number of rotatable bonds is 14. The number of carbonyl (C=O) groups is 4. The van der Waals surface area contributed by atoms with Crippen molar-refractivity contribution < 1.29 is 24.3 Å². The lowest BCUT2D eigenvalue weighted by molar-refractivity contribution is -0.142. The first kappa shape index (κ1) is 28.9. The number of aliphatic carboxylic acids is 1. The Hall–Kier alpha value is -3.38. The van der Waals surface area contributed by atoms with Gasteiger partial charge in [0.1, 0.15) is 18.1 Å². The van der Waals surface area contributed by atoms with Gasteiger partial charge in [-0.1, -0.05) is 44.2 Å². The minimum atomic E-state index is -1.16. The number of nitrogens with one attached hydrogen (secondary N) is 4. The van der Waals surface area contributed by atoms with E-state index in [-0.39, 0.29) is 30.9 Å². The fraction of sp³-hybridized carbons (Fsp3) is 0.458. The lowest BCUT2D eigenvalue weighted by Gasteiger charge is -2.25. The first-order valence-corrected chi connectivity index (χ1v) is 12.3. The number of amides is 3. The Morgan fingerprint density at radius 1 is 0.972 bits per heavy atom. The largest absolute Gasteiger partial charge is 0.480 e. The van der Waals surface area contributed by atoms with Crippen molar-refractivity contribution in [1.82, 2.24) is 25.9 Å². The zero-order valence-corrected chi connectivity index (χ0v) is 21.2. The molecular weight excluding hydrogens is 484 g/mol. The van der Waals surface area contributed by atoms with Crippen LogP contribution in [0.4, 0.5) is 0 Å². The summed E-state index contributed by atoms with van der Waals surface area (Å²) in [5.74, 6) is -2.90. The normalized spacial score (nSPS) is 14.4. The van der Waals surface area contributed by atoms with E-state index in [4.69, 9.17) is 5.73 Å². The fourth-order valence-electron chi connectivity index (χ4n) is 3.48. The summed E-state index contributed by atoms with van der Waals surface area (Å²) >= 11 is 4.02. The third-order valence-electron chi connectivity index (χ3n) is 5.38. The zero-order valence-electron chi connectivity index (χ0n) is 20.3. The van der Waals surface area contributed by atoms with Crippen LogP contribution in [-0.2, 0) is 32.0 Å². The van der Waals surface area contributed by atoms with Gasteiger partial charge in [-0.05, 0) is 17.9 Å². The predicted molar refractivity (Wildman–Crippen MR) is 137 cm³/mol. The summed E-state index contributed by atoms with van der Waals surface area (Å²) in [6.07, 6.45) is 3.38. The van der Waals surface area contributed by atoms with Crippen LogP contribution >= 0.6 is 12.6 Å². The highest BCUT2D eigenvalue weighted by Gasteiger charge is 2.31. The number of thiol groups is 1. The lowest BCUT2D eigenvalue weighted by atomic mass is 10.0. The summed E-state index contributed by atoms with van der Waals surface area (Å²) in [4.78, 5) is 57.4. The van der Waals surface area contributed by atoms with Gasteiger partial charge in [0.25, 0.3) is 0 Å². The van der Waals surface area contributed by atoms with Gasteiger partial charge < -0.3 is 31.8 Å². The highest BCUT2D eigenvalue weighted by Crippen LogP contribution is 2.09. The molecule has 0 radical (unpaired) electrons. The number of benzene rings is 1. The Morgan fingerprint density at radius 2 is 1.56 bits per heavy atom. The van der Waals surface area contributed by atoms with Crippen molar-refractivity contribution in [2.45, 2.75) is 57.3 Å². The molecule has 1 aromatic heterocycles. The maximum Gasteiger partial charge on any atom is 0.326 e. The van der Waals surface area contributed by atoms with Crippen LogP contribution in [0.5, 0.6) is 0 Å². The first-order valence-electron chi connectivity index (χ1n) is 11.6. The molecule has 11 nitrogen and oxygen atoms in total. The SMILES string of the molecule is CC(C)CC(NC(=O)C(Cc1ccccc1)NC(=O)C(Cc1cnc[nH]1)NC(=O)C(N)CS)C(=O)O. The molecule has 1 aromatic carbocycles.